The first-order chi connectivity index (χ1) is 15.5. The van der Waals surface area contributed by atoms with Crippen molar-refractivity contribution in [1.82, 2.24) is 8.87 Å². The monoisotopic (exact) mass is 475 g/mol. The molecule has 8 nitrogen and oxygen atoms in total. The highest BCUT2D eigenvalue weighted by Gasteiger charge is 2.38. The zero-order valence-corrected chi connectivity index (χ0v) is 21.0. The largest absolute Gasteiger partial charge is 0.462 e. The summed E-state index contributed by atoms with van der Waals surface area (Å²) < 4.78 is 35.3. The highest BCUT2D eigenvalue weighted by molar-refractivity contribution is 7.89. The van der Waals surface area contributed by atoms with E-state index in [2.05, 4.69) is 5.32 Å². The lowest BCUT2D eigenvalue weighted by Gasteiger charge is -2.31. The van der Waals surface area contributed by atoms with Gasteiger partial charge in [0.1, 0.15) is 10.5 Å². The molecular weight excluding hydrogens is 442 g/mol. The normalized spacial score (nSPS) is 15.5. The van der Waals surface area contributed by atoms with Crippen LogP contribution in [0.2, 0.25) is 0 Å². The van der Waals surface area contributed by atoms with E-state index in [9.17, 15) is 18.0 Å². The van der Waals surface area contributed by atoms with Crippen LogP contribution in [0.25, 0.3) is 0 Å². The van der Waals surface area contributed by atoms with Gasteiger partial charge in [-0.3, -0.25) is 4.79 Å². The van der Waals surface area contributed by atoms with Crippen LogP contribution in [0.1, 0.15) is 52.6 Å². The number of sulfonamides is 1. The van der Waals surface area contributed by atoms with Crippen LogP contribution < -0.4 is 5.32 Å². The topological polar surface area (TPSA) is 97.7 Å². The maximum Gasteiger partial charge on any atom is 0.341 e. The summed E-state index contributed by atoms with van der Waals surface area (Å²) in [6.45, 7) is 9.57. The molecule has 1 saturated heterocycles. The number of esters is 1. The molecule has 1 fully saturated rings. The Morgan fingerprint density at radius 3 is 2.33 bits per heavy atom. The summed E-state index contributed by atoms with van der Waals surface area (Å²) in [6, 6.07) is 5.89. The van der Waals surface area contributed by atoms with Crippen LogP contribution in [-0.4, -0.2) is 48.9 Å². The SMILES string of the molecule is CCOC(=O)c1c(S(=O)(=O)N2CCC(C(=O)Nc3cc(C)ccc3C)CC2)c(C)n(C)c1C. The number of piperidine rings is 1. The minimum Gasteiger partial charge on any atom is -0.462 e. The highest BCUT2D eigenvalue weighted by Crippen LogP contribution is 2.32. The van der Waals surface area contributed by atoms with Crippen molar-refractivity contribution in [3.8, 4) is 0 Å². The maximum atomic E-state index is 13.6. The Labute approximate surface area is 196 Å². The summed E-state index contributed by atoms with van der Waals surface area (Å²) in [5.41, 5.74) is 3.95. The second kappa shape index (κ2) is 9.69. The van der Waals surface area contributed by atoms with Crippen molar-refractivity contribution in [2.24, 2.45) is 13.0 Å². The third kappa shape index (κ3) is 4.84. The summed E-state index contributed by atoms with van der Waals surface area (Å²) in [7, 11) is -2.20. The molecule has 1 amide bonds. The molecule has 9 heteroatoms. The number of nitrogens with zero attached hydrogens (tertiary/aromatic N) is 2. The molecule has 0 atom stereocenters. The maximum absolute atomic E-state index is 13.6. The van der Waals surface area contributed by atoms with E-state index in [0.717, 1.165) is 16.8 Å². The van der Waals surface area contributed by atoms with Gasteiger partial charge in [0.05, 0.1) is 6.61 Å². The van der Waals surface area contributed by atoms with E-state index in [1.165, 1.54) is 4.31 Å². The average Bonchev–Trinajstić information content (AvgIpc) is 3.01. The van der Waals surface area contributed by atoms with E-state index in [1.54, 1.807) is 32.4 Å². The Morgan fingerprint density at radius 2 is 1.73 bits per heavy atom. The van der Waals surface area contributed by atoms with Crippen molar-refractivity contribution < 1.29 is 22.7 Å². The van der Waals surface area contributed by atoms with Gasteiger partial charge in [-0.05, 0) is 64.7 Å². The van der Waals surface area contributed by atoms with Crippen molar-refractivity contribution in [3.63, 3.8) is 0 Å². The molecule has 1 N–H and O–H groups in total. The van der Waals surface area contributed by atoms with Gasteiger partial charge in [-0.15, -0.1) is 0 Å². The van der Waals surface area contributed by atoms with E-state index in [0.29, 0.717) is 24.2 Å². The Hall–Kier alpha value is -2.65. The van der Waals surface area contributed by atoms with E-state index >= 15 is 0 Å². The minimum absolute atomic E-state index is 0.000706. The molecule has 1 aromatic carbocycles. The van der Waals surface area contributed by atoms with Gasteiger partial charge in [-0.2, -0.15) is 4.31 Å². The molecular formula is C24H33N3O5S. The molecule has 180 valence electrons. The lowest BCUT2D eigenvalue weighted by Crippen LogP contribution is -2.42. The van der Waals surface area contributed by atoms with Crippen LogP contribution in [0.4, 0.5) is 5.69 Å². The number of amides is 1. The van der Waals surface area contributed by atoms with Crippen molar-refractivity contribution in [2.75, 3.05) is 25.0 Å². The van der Waals surface area contributed by atoms with Gasteiger partial charge in [-0.25, -0.2) is 13.2 Å². The number of carbonyl (C=O) groups is 2. The fourth-order valence-corrected chi connectivity index (χ4v) is 6.22. The number of benzene rings is 1. The molecule has 0 spiro atoms. The quantitative estimate of drug-likeness (QED) is 0.645. The summed E-state index contributed by atoms with van der Waals surface area (Å²) in [6.07, 6.45) is 0.824. The van der Waals surface area contributed by atoms with Crippen LogP contribution in [0.5, 0.6) is 0 Å². The molecule has 0 radical (unpaired) electrons. The average molecular weight is 476 g/mol. The molecule has 2 aromatic rings. The molecule has 0 unspecified atom stereocenters. The van der Waals surface area contributed by atoms with Gasteiger partial charge >= 0.3 is 5.97 Å². The second-order valence-electron chi connectivity index (χ2n) is 8.64. The fraction of sp³-hybridized carbons (Fsp3) is 0.500. The molecule has 3 rings (SSSR count). The standard InChI is InChI=1S/C24H33N3O5S/c1-7-32-24(29)21-17(4)26(6)18(5)22(21)33(30,31)27-12-10-19(11-13-27)23(28)25-20-14-15(2)8-9-16(20)3/h8-9,14,19H,7,10-13H2,1-6H3,(H,25,28). The first-order valence-corrected chi connectivity index (χ1v) is 12.6. The van der Waals surface area contributed by atoms with Crippen molar-refractivity contribution in [1.29, 1.82) is 0 Å². The number of carbonyl (C=O) groups excluding carboxylic acids is 2. The predicted molar refractivity (Wildman–Crippen MR) is 127 cm³/mol. The van der Waals surface area contributed by atoms with Gasteiger partial charge in [-0.1, -0.05) is 12.1 Å². The summed E-state index contributed by atoms with van der Waals surface area (Å²) in [4.78, 5) is 25.4. The number of aromatic nitrogens is 1. The van der Waals surface area contributed by atoms with Gasteiger partial charge in [0.15, 0.2) is 0 Å². The fourth-order valence-electron chi connectivity index (χ4n) is 4.27. The van der Waals surface area contributed by atoms with Gasteiger partial charge in [0, 0.05) is 43.1 Å². The van der Waals surface area contributed by atoms with E-state index in [-0.39, 0.29) is 42.0 Å². The summed E-state index contributed by atoms with van der Waals surface area (Å²) >= 11 is 0. The Kier molecular flexibility index (Phi) is 7.33. The molecule has 0 bridgehead atoms. The van der Waals surface area contributed by atoms with E-state index in [1.807, 2.05) is 32.0 Å². The number of nitrogens with one attached hydrogen (secondary N) is 1. The van der Waals surface area contributed by atoms with Crippen molar-refractivity contribution in [3.05, 3.63) is 46.3 Å². The van der Waals surface area contributed by atoms with Crippen LogP contribution in [-0.2, 0) is 26.6 Å². The summed E-state index contributed by atoms with van der Waals surface area (Å²) in [5, 5.41) is 2.99. The number of aryl methyl sites for hydroxylation is 2. The molecule has 1 aromatic heterocycles. The number of hydrogen-bond donors (Lipinski definition) is 1. The van der Waals surface area contributed by atoms with Gasteiger partial charge in [0.25, 0.3) is 0 Å². The lowest BCUT2D eigenvalue weighted by atomic mass is 9.97. The van der Waals surface area contributed by atoms with Crippen LogP contribution in [0.15, 0.2) is 23.1 Å². The molecule has 1 aliphatic rings. The number of ether oxygens (including phenoxy) is 1. The number of anilines is 1. The first-order valence-electron chi connectivity index (χ1n) is 11.2. The van der Waals surface area contributed by atoms with Gasteiger partial charge in [0.2, 0.25) is 15.9 Å². The zero-order chi connectivity index (χ0) is 24.5. The molecule has 0 aliphatic carbocycles. The van der Waals surface area contributed by atoms with Gasteiger partial charge < -0.3 is 14.6 Å². The van der Waals surface area contributed by atoms with Crippen molar-refractivity contribution in [2.45, 2.75) is 52.4 Å². The number of rotatable bonds is 6. The Morgan fingerprint density at radius 1 is 1.09 bits per heavy atom. The van der Waals surface area contributed by atoms with E-state index in [4.69, 9.17) is 4.74 Å². The third-order valence-electron chi connectivity index (χ3n) is 6.48. The molecule has 2 heterocycles. The first kappa shape index (κ1) is 25.0. The molecule has 33 heavy (non-hydrogen) atoms. The smallest absolute Gasteiger partial charge is 0.341 e. The Bertz CT molecular complexity index is 1180. The second-order valence-corrected chi connectivity index (χ2v) is 10.5. The van der Waals surface area contributed by atoms with E-state index < -0.39 is 16.0 Å². The van der Waals surface area contributed by atoms with Crippen molar-refractivity contribution >= 4 is 27.6 Å². The highest BCUT2D eigenvalue weighted by atomic mass is 32.2. The van der Waals surface area contributed by atoms with Crippen LogP contribution >= 0.6 is 0 Å². The molecule has 1 aliphatic heterocycles. The predicted octanol–water partition coefficient (Wildman–Crippen LogP) is 3.47. The minimum atomic E-state index is -3.93. The van der Waals surface area contributed by atoms with Crippen LogP contribution in [0, 0.1) is 33.6 Å². The zero-order valence-electron chi connectivity index (χ0n) is 20.2. The summed E-state index contributed by atoms with van der Waals surface area (Å²) in [5.74, 6) is -1.01. The number of hydrogen-bond acceptors (Lipinski definition) is 5. The Balaban J connectivity index is 1.78. The van der Waals surface area contributed by atoms with Crippen LogP contribution in [0.3, 0.4) is 0 Å². The lowest BCUT2D eigenvalue weighted by molar-refractivity contribution is -0.120. The molecule has 0 saturated carbocycles. The third-order valence-corrected chi connectivity index (χ3v) is 8.54.